The molecule has 2 amide bonds. The van der Waals surface area contributed by atoms with Crippen LogP contribution in [0.1, 0.15) is 23.0 Å². The van der Waals surface area contributed by atoms with E-state index in [1.165, 1.54) is 0 Å². The Bertz CT molecular complexity index is 1060. The number of amides is 2. The van der Waals surface area contributed by atoms with Crippen LogP contribution in [0.2, 0.25) is 5.02 Å². The van der Waals surface area contributed by atoms with Crippen molar-refractivity contribution in [2.24, 2.45) is 0 Å². The molecule has 4 rings (SSSR count). The van der Waals surface area contributed by atoms with Gasteiger partial charge in [0.25, 0.3) is 5.91 Å². The van der Waals surface area contributed by atoms with Crippen LogP contribution >= 0.6 is 22.9 Å². The minimum atomic E-state index is -1.03. The molecule has 1 aliphatic rings. The fourth-order valence-corrected chi connectivity index (χ4v) is 4.76. The number of hydrogen-bond acceptors (Lipinski definition) is 4. The molecule has 0 unspecified atom stereocenters. The Balaban J connectivity index is 1.73. The van der Waals surface area contributed by atoms with Gasteiger partial charge in [0, 0.05) is 30.6 Å². The van der Waals surface area contributed by atoms with E-state index in [9.17, 15) is 9.59 Å². The molecule has 0 bridgehead atoms. The van der Waals surface area contributed by atoms with Crippen LogP contribution < -0.4 is 5.32 Å². The molecule has 0 saturated heterocycles. The third-order valence-electron chi connectivity index (χ3n) is 5.36. The molecule has 2 aromatic heterocycles. The minimum Gasteiger partial charge on any atom is -0.383 e. The fraction of sp³-hybridized carbons (Fsp3) is 0.333. The number of rotatable bonds is 6. The van der Waals surface area contributed by atoms with Gasteiger partial charge >= 0.3 is 0 Å². The van der Waals surface area contributed by atoms with Crippen molar-refractivity contribution in [2.75, 3.05) is 20.3 Å². The van der Waals surface area contributed by atoms with E-state index >= 15 is 0 Å². The van der Waals surface area contributed by atoms with E-state index in [-0.39, 0.29) is 11.8 Å². The molecule has 1 atom stereocenters. The number of hydrogen-bond donors (Lipinski definition) is 1. The first-order valence-corrected chi connectivity index (χ1v) is 10.6. The van der Waals surface area contributed by atoms with Crippen molar-refractivity contribution in [2.45, 2.75) is 25.6 Å². The Morgan fingerprint density at radius 1 is 1.31 bits per heavy atom. The quantitative estimate of drug-likeness (QED) is 0.607. The standard InChI is InChI=1S/C21H22ClN3O3S/c1-21(20(27)23-8-9-28-2)13-24-17(11-15-7-10-29-19(15)24)18(26)25(21)12-14-3-5-16(22)6-4-14/h3-7,10-11H,8-9,12-13H2,1-2H3,(H,23,27)/t21-/m0/s1. The zero-order valence-electron chi connectivity index (χ0n) is 16.3. The molecule has 3 heterocycles. The first-order chi connectivity index (χ1) is 13.9. The summed E-state index contributed by atoms with van der Waals surface area (Å²) in [5.74, 6) is -0.347. The van der Waals surface area contributed by atoms with Crippen molar-refractivity contribution in [3.8, 4) is 0 Å². The summed E-state index contributed by atoms with van der Waals surface area (Å²) in [4.78, 5) is 29.4. The van der Waals surface area contributed by atoms with Gasteiger partial charge in [-0.05, 0) is 42.1 Å². The van der Waals surface area contributed by atoms with E-state index in [4.69, 9.17) is 16.3 Å². The number of thiophene rings is 1. The number of carbonyl (C=O) groups is 2. The highest BCUT2D eigenvalue weighted by molar-refractivity contribution is 7.16. The van der Waals surface area contributed by atoms with Crippen molar-refractivity contribution >= 4 is 45.0 Å². The van der Waals surface area contributed by atoms with Crippen LogP contribution in [0.15, 0.2) is 41.8 Å². The van der Waals surface area contributed by atoms with Gasteiger partial charge in [0.1, 0.15) is 16.1 Å². The van der Waals surface area contributed by atoms with Gasteiger partial charge in [-0.25, -0.2) is 0 Å². The number of nitrogens with one attached hydrogen (secondary N) is 1. The first-order valence-electron chi connectivity index (χ1n) is 9.34. The number of halogens is 1. The highest BCUT2D eigenvalue weighted by Gasteiger charge is 2.47. The molecule has 6 nitrogen and oxygen atoms in total. The Labute approximate surface area is 178 Å². The van der Waals surface area contributed by atoms with Gasteiger partial charge in [0.2, 0.25) is 5.91 Å². The summed E-state index contributed by atoms with van der Waals surface area (Å²) < 4.78 is 7.02. The Hall–Kier alpha value is -2.35. The van der Waals surface area contributed by atoms with Crippen molar-refractivity contribution in [1.82, 2.24) is 14.8 Å². The topological polar surface area (TPSA) is 63.6 Å². The Morgan fingerprint density at radius 2 is 2.07 bits per heavy atom. The molecule has 3 aromatic rings. The zero-order chi connectivity index (χ0) is 20.6. The van der Waals surface area contributed by atoms with Gasteiger partial charge in [-0.3, -0.25) is 9.59 Å². The monoisotopic (exact) mass is 431 g/mol. The van der Waals surface area contributed by atoms with Crippen molar-refractivity contribution in [1.29, 1.82) is 0 Å². The maximum Gasteiger partial charge on any atom is 0.271 e. The largest absolute Gasteiger partial charge is 0.383 e. The smallest absolute Gasteiger partial charge is 0.271 e. The number of ether oxygens (including phenoxy) is 1. The average Bonchev–Trinajstić information content (AvgIpc) is 3.29. The molecule has 152 valence electrons. The Kier molecular flexibility index (Phi) is 5.38. The van der Waals surface area contributed by atoms with Crippen LogP contribution in [-0.4, -0.2) is 47.1 Å². The van der Waals surface area contributed by atoms with E-state index in [0.29, 0.717) is 37.0 Å². The molecular weight excluding hydrogens is 410 g/mol. The summed E-state index contributed by atoms with van der Waals surface area (Å²) in [7, 11) is 1.59. The third-order valence-corrected chi connectivity index (χ3v) is 6.57. The number of fused-ring (bicyclic) bond motifs is 3. The molecule has 0 saturated carbocycles. The molecule has 1 aliphatic heterocycles. The van der Waals surface area contributed by atoms with Crippen LogP contribution in [-0.2, 0) is 22.6 Å². The summed E-state index contributed by atoms with van der Waals surface area (Å²) in [6, 6.07) is 11.2. The lowest BCUT2D eigenvalue weighted by Crippen LogP contribution is -2.63. The lowest BCUT2D eigenvalue weighted by Gasteiger charge is -2.44. The second-order valence-electron chi connectivity index (χ2n) is 7.34. The maximum atomic E-state index is 13.5. The lowest BCUT2D eigenvalue weighted by atomic mass is 9.94. The van der Waals surface area contributed by atoms with Crippen LogP contribution in [0.3, 0.4) is 0 Å². The molecule has 1 aromatic carbocycles. The van der Waals surface area contributed by atoms with Crippen LogP contribution in [0.4, 0.5) is 0 Å². The van der Waals surface area contributed by atoms with Crippen molar-refractivity contribution in [3.05, 3.63) is 58.1 Å². The second kappa shape index (κ2) is 7.82. The molecule has 8 heteroatoms. The number of carbonyl (C=O) groups excluding carboxylic acids is 2. The Morgan fingerprint density at radius 3 is 2.79 bits per heavy atom. The molecule has 0 aliphatic carbocycles. The molecule has 0 fully saturated rings. The highest BCUT2D eigenvalue weighted by Crippen LogP contribution is 2.35. The average molecular weight is 432 g/mol. The number of nitrogens with zero attached hydrogens (tertiary/aromatic N) is 2. The lowest BCUT2D eigenvalue weighted by molar-refractivity contribution is -0.133. The normalized spacial score (nSPS) is 18.9. The molecule has 1 N–H and O–H groups in total. The molecule has 0 spiro atoms. The first kappa shape index (κ1) is 19.9. The predicted octanol–water partition coefficient (Wildman–Crippen LogP) is 3.53. The summed E-state index contributed by atoms with van der Waals surface area (Å²) in [6.07, 6.45) is 0. The minimum absolute atomic E-state index is 0.154. The van der Waals surface area contributed by atoms with Crippen LogP contribution in [0.25, 0.3) is 10.2 Å². The van der Waals surface area contributed by atoms with Gasteiger partial charge in [-0.1, -0.05) is 23.7 Å². The summed E-state index contributed by atoms with van der Waals surface area (Å²) in [5.41, 5.74) is 0.497. The van der Waals surface area contributed by atoms with E-state index in [0.717, 1.165) is 15.8 Å². The van der Waals surface area contributed by atoms with Crippen LogP contribution in [0, 0.1) is 0 Å². The van der Waals surface area contributed by atoms with E-state index in [1.807, 2.05) is 41.1 Å². The second-order valence-corrected chi connectivity index (χ2v) is 8.67. The van der Waals surface area contributed by atoms with E-state index in [1.54, 1.807) is 35.5 Å². The number of aromatic nitrogens is 1. The SMILES string of the molecule is COCCNC(=O)[C@]1(C)Cn2c(cc3ccsc32)C(=O)N1Cc1ccc(Cl)cc1. The third kappa shape index (κ3) is 3.54. The summed E-state index contributed by atoms with van der Waals surface area (Å²) >= 11 is 7.58. The summed E-state index contributed by atoms with van der Waals surface area (Å²) in [6.45, 7) is 3.34. The zero-order valence-corrected chi connectivity index (χ0v) is 17.8. The van der Waals surface area contributed by atoms with Crippen molar-refractivity contribution in [3.63, 3.8) is 0 Å². The van der Waals surface area contributed by atoms with Gasteiger partial charge in [0.05, 0.1) is 13.2 Å². The van der Waals surface area contributed by atoms with Crippen molar-refractivity contribution < 1.29 is 14.3 Å². The van der Waals surface area contributed by atoms with Crippen LogP contribution in [0.5, 0.6) is 0 Å². The van der Waals surface area contributed by atoms with Gasteiger partial charge < -0.3 is 19.5 Å². The predicted molar refractivity (Wildman–Crippen MR) is 114 cm³/mol. The molecule has 29 heavy (non-hydrogen) atoms. The van der Waals surface area contributed by atoms with E-state index < -0.39 is 5.54 Å². The number of benzene rings is 1. The maximum absolute atomic E-state index is 13.5. The van der Waals surface area contributed by atoms with Gasteiger partial charge in [-0.15, -0.1) is 11.3 Å². The summed E-state index contributed by atoms with van der Waals surface area (Å²) in [5, 5.41) is 6.57. The van der Waals surface area contributed by atoms with Gasteiger partial charge in [0.15, 0.2) is 0 Å². The van der Waals surface area contributed by atoms with E-state index in [2.05, 4.69) is 5.32 Å². The molecule has 0 radical (unpaired) electrons. The number of methoxy groups -OCH3 is 1. The molecular formula is C21H22ClN3O3S. The highest BCUT2D eigenvalue weighted by atomic mass is 35.5. The van der Waals surface area contributed by atoms with Gasteiger partial charge in [-0.2, -0.15) is 0 Å². The fourth-order valence-electron chi connectivity index (χ4n) is 3.73.